The van der Waals surface area contributed by atoms with Gasteiger partial charge < -0.3 is 15.4 Å². The summed E-state index contributed by atoms with van der Waals surface area (Å²) >= 11 is 0. The molecule has 2 N–H and O–H groups in total. The zero-order chi connectivity index (χ0) is 15.4. The number of ether oxygens (including phenoxy) is 1. The number of nitrogens with two attached hydrogens (primary N) is 1. The van der Waals surface area contributed by atoms with Gasteiger partial charge in [0.15, 0.2) is 0 Å². The largest absolute Gasteiger partial charge is 0.399 e. The number of halogens is 1. The van der Waals surface area contributed by atoms with E-state index in [0.717, 1.165) is 51.3 Å². The van der Waals surface area contributed by atoms with Gasteiger partial charge in [-0.25, -0.2) is 0 Å². The fourth-order valence-electron chi connectivity index (χ4n) is 3.33. The second kappa shape index (κ2) is 8.52. The predicted octanol–water partition coefficient (Wildman–Crippen LogP) is 1.76. The number of carbonyl (C=O) groups is 1. The van der Waals surface area contributed by atoms with Crippen LogP contribution in [0.25, 0.3) is 0 Å². The first-order chi connectivity index (χ1) is 10.7. The van der Waals surface area contributed by atoms with E-state index in [-0.39, 0.29) is 18.3 Å². The van der Waals surface area contributed by atoms with Crippen LogP contribution < -0.4 is 5.73 Å². The predicted molar refractivity (Wildman–Crippen MR) is 93.5 cm³/mol. The lowest BCUT2D eigenvalue weighted by Crippen LogP contribution is -2.46. The Hall–Kier alpha value is -1.30. The van der Waals surface area contributed by atoms with Crippen LogP contribution in [-0.2, 0) is 16.1 Å². The third-order valence-corrected chi connectivity index (χ3v) is 4.62. The molecule has 3 rings (SSSR count). The summed E-state index contributed by atoms with van der Waals surface area (Å²) in [7, 11) is 0. The van der Waals surface area contributed by atoms with Gasteiger partial charge in [-0.2, -0.15) is 0 Å². The Morgan fingerprint density at radius 1 is 1.17 bits per heavy atom. The average Bonchev–Trinajstić information content (AvgIpc) is 2.56. The lowest BCUT2D eigenvalue weighted by molar-refractivity contribution is -0.141. The van der Waals surface area contributed by atoms with Gasteiger partial charge in [-0.05, 0) is 43.6 Å². The Balaban J connectivity index is 0.00000192. The average molecular weight is 340 g/mol. The Morgan fingerprint density at radius 3 is 2.52 bits per heavy atom. The standard InChI is InChI=1S/C17H25N3O2.ClH/c18-16-3-1-2-14(12-16)13-19-6-4-15(5-7-19)17(21)20-8-10-22-11-9-20;/h1-3,12,15H,4-11,13,18H2;1H. The maximum Gasteiger partial charge on any atom is 0.225 e. The zero-order valence-corrected chi connectivity index (χ0v) is 14.3. The Morgan fingerprint density at radius 2 is 1.87 bits per heavy atom. The molecule has 0 aliphatic carbocycles. The number of carbonyl (C=O) groups excluding carboxylic acids is 1. The molecule has 2 saturated heterocycles. The van der Waals surface area contributed by atoms with Crippen molar-refractivity contribution in [2.75, 3.05) is 45.1 Å². The highest BCUT2D eigenvalue weighted by molar-refractivity contribution is 5.85. The fourth-order valence-corrected chi connectivity index (χ4v) is 3.33. The first kappa shape index (κ1) is 18.0. The third-order valence-electron chi connectivity index (χ3n) is 4.62. The molecule has 0 bridgehead atoms. The van der Waals surface area contributed by atoms with Gasteiger partial charge in [-0.1, -0.05) is 12.1 Å². The van der Waals surface area contributed by atoms with E-state index in [4.69, 9.17) is 10.5 Å². The first-order valence-electron chi connectivity index (χ1n) is 8.15. The van der Waals surface area contributed by atoms with Gasteiger partial charge in [-0.3, -0.25) is 9.69 Å². The molecule has 0 radical (unpaired) electrons. The van der Waals surface area contributed by atoms with Crippen molar-refractivity contribution in [2.24, 2.45) is 5.92 Å². The van der Waals surface area contributed by atoms with E-state index in [9.17, 15) is 4.79 Å². The molecule has 128 valence electrons. The van der Waals surface area contributed by atoms with E-state index >= 15 is 0 Å². The van der Waals surface area contributed by atoms with Crippen molar-refractivity contribution in [1.82, 2.24) is 9.80 Å². The molecule has 0 saturated carbocycles. The Labute approximate surface area is 144 Å². The Bertz CT molecular complexity index is 512. The molecule has 0 unspecified atom stereocenters. The number of rotatable bonds is 3. The minimum atomic E-state index is 0. The molecule has 2 heterocycles. The highest BCUT2D eigenvalue weighted by atomic mass is 35.5. The van der Waals surface area contributed by atoms with Gasteiger partial charge in [0.2, 0.25) is 5.91 Å². The molecule has 0 atom stereocenters. The van der Waals surface area contributed by atoms with Crippen molar-refractivity contribution in [2.45, 2.75) is 19.4 Å². The summed E-state index contributed by atoms with van der Waals surface area (Å²) in [6.07, 6.45) is 1.91. The Kier molecular flexibility index (Phi) is 6.69. The molecule has 1 amide bonds. The van der Waals surface area contributed by atoms with Crippen molar-refractivity contribution in [3.8, 4) is 0 Å². The van der Waals surface area contributed by atoms with Gasteiger partial charge >= 0.3 is 0 Å². The molecular weight excluding hydrogens is 314 g/mol. The zero-order valence-electron chi connectivity index (χ0n) is 13.4. The number of nitrogen functional groups attached to an aromatic ring is 1. The van der Waals surface area contributed by atoms with Gasteiger partial charge in [0.1, 0.15) is 0 Å². The van der Waals surface area contributed by atoms with Crippen LogP contribution in [0.15, 0.2) is 24.3 Å². The minimum absolute atomic E-state index is 0. The SMILES string of the molecule is Cl.Nc1cccc(CN2CCC(C(=O)N3CCOCC3)CC2)c1. The number of nitrogens with zero attached hydrogens (tertiary/aromatic N) is 2. The van der Waals surface area contributed by atoms with E-state index in [2.05, 4.69) is 11.0 Å². The molecule has 2 aliphatic rings. The summed E-state index contributed by atoms with van der Waals surface area (Å²) in [6.45, 7) is 5.75. The topological polar surface area (TPSA) is 58.8 Å². The fraction of sp³-hybridized carbons (Fsp3) is 0.588. The molecule has 2 fully saturated rings. The lowest BCUT2D eigenvalue weighted by Gasteiger charge is -2.35. The van der Waals surface area contributed by atoms with Gasteiger partial charge in [0.25, 0.3) is 0 Å². The summed E-state index contributed by atoms with van der Waals surface area (Å²) in [5.41, 5.74) is 7.89. The van der Waals surface area contributed by atoms with Crippen LogP contribution in [0.5, 0.6) is 0 Å². The number of anilines is 1. The van der Waals surface area contributed by atoms with Crippen LogP contribution in [-0.4, -0.2) is 55.1 Å². The lowest BCUT2D eigenvalue weighted by atomic mass is 9.94. The van der Waals surface area contributed by atoms with Crippen molar-refractivity contribution >= 4 is 24.0 Å². The van der Waals surface area contributed by atoms with Crippen molar-refractivity contribution in [3.63, 3.8) is 0 Å². The number of benzene rings is 1. The monoisotopic (exact) mass is 339 g/mol. The normalized spacial score (nSPS) is 20.1. The third kappa shape index (κ3) is 4.83. The quantitative estimate of drug-likeness (QED) is 0.853. The molecule has 5 nitrogen and oxygen atoms in total. The number of likely N-dealkylation sites (tertiary alicyclic amines) is 1. The maximum atomic E-state index is 12.5. The minimum Gasteiger partial charge on any atom is -0.399 e. The number of amides is 1. The van der Waals surface area contributed by atoms with Crippen LogP contribution in [0.2, 0.25) is 0 Å². The number of morpholine rings is 1. The summed E-state index contributed by atoms with van der Waals surface area (Å²) < 4.78 is 5.32. The molecule has 23 heavy (non-hydrogen) atoms. The molecule has 1 aromatic carbocycles. The number of hydrogen-bond acceptors (Lipinski definition) is 4. The van der Waals surface area contributed by atoms with Crippen LogP contribution >= 0.6 is 12.4 Å². The molecule has 2 aliphatic heterocycles. The smallest absolute Gasteiger partial charge is 0.225 e. The molecule has 1 aromatic rings. The second-order valence-electron chi connectivity index (χ2n) is 6.23. The first-order valence-corrected chi connectivity index (χ1v) is 8.15. The van der Waals surface area contributed by atoms with E-state index in [0.29, 0.717) is 19.1 Å². The highest BCUT2D eigenvalue weighted by Gasteiger charge is 2.29. The van der Waals surface area contributed by atoms with Crippen LogP contribution in [0.3, 0.4) is 0 Å². The maximum absolute atomic E-state index is 12.5. The molecule has 0 aromatic heterocycles. The highest BCUT2D eigenvalue weighted by Crippen LogP contribution is 2.22. The van der Waals surface area contributed by atoms with Gasteiger partial charge in [-0.15, -0.1) is 12.4 Å². The van der Waals surface area contributed by atoms with E-state index in [1.54, 1.807) is 0 Å². The van der Waals surface area contributed by atoms with Crippen LogP contribution in [0.1, 0.15) is 18.4 Å². The number of piperidine rings is 1. The van der Waals surface area contributed by atoms with E-state index < -0.39 is 0 Å². The molecule has 6 heteroatoms. The summed E-state index contributed by atoms with van der Waals surface area (Å²) in [5, 5.41) is 0. The summed E-state index contributed by atoms with van der Waals surface area (Å²) in [5.74, 6) is 0.516. The molecule has 0 spiro atoms. The van der Waals surface area contributed by atoms with E-state index in [1.165, 1.54) is 5.56 Å². The van der Waals surface area contributed by atoms with Crippen molar-refractivity contribution in [1.29, 1.82) is 0 Å². The van der Waals surface area contributed by atoms with Gasteiger partial charge in [0.05, 0.1) is 13.2 Å². The van der Waals surface area contributed by atoms with Gasteiger partial charge in [0, 0.05) is 31.2 Å². The summed E-state index contributed by atoms with van der Waals surface area (Å²) in [6, 6.07) is 8.06. The van der Waals surface area contributed by atoms with Crippen LogP contribution in [0, 0.1) is 5.92 Å². The van der Waals surface area contributed by atoms with E-state index in [1.807, 2.05) is 23.1 Å². The summed E-state index contributed by atoms with van der Waals surface area (Å²) in [4.78, 5) is 16.9. The van der Waals surface area contributed by atoms with Crippen molar-refractivity contribution in [3.05, 3.63) is 29.8 Å². The number of hydrogen-bond donors (Lipinski definition) is 1. The van der Waals surface area contributed by atoms with Crippen molar-refractivity contribution < 1.29 is 9.53 Å². The van der Waals surface area contributed by atoms with Crippen LogP contribution in [0.4, 0.5) is 5.69 Å². The molecular formula is C17H26ClN3O2. The second-order valence-corrected chi connectivity index (χ2v) is 6.23.